The zero-order valence-electron chi connectivity index (χ0n) is 12.5. The first-order valence-corrected chi connectivity index (χ1v) is 7.81. The molecule has 0 bridgehead atoms. The number of carboxylic acid groups (broad SMARTS) is 1. The molecule has 2 fully saturated rings. The molecule has 0 unspecified atom stereocenters. The van der Waals surface area contributed by atoms with Gasteiger partial charge in [-0.05, 0) is 43.4 Å². The molecule has 1 aliphatic heterocycles. The molecule has 4 heteroatoms. The molecule has 1 aromatic rings. The van der Waals surface area contributed by atoms with Crippen molar-refractivity contribution in [1.29, 1.82) is 0 Å². The minimum absolute atomic E-state index is 0.331. The number of nitrogens with zero attached hydrogens (tertiary/aromatic N) is 1. The largest absolute Gasteiger partial charge is 0.494 e. The molecule has 0 amide bonds. The molecule has 0 radical (unpaired) electrons. The van der Waals surface area contributed by atoms with Gasteiger partial charge in [0.1, 0.15) is 5.75 Å². The molecule has 4 nitrogen and oxygen atoms in total. The number of likely N-dealkylation sites (tertiary alicyclic amines) is 1. The van der Waals surface area contributed by atoms with Gasteiger partial charge >= 0.3 is 5.97 Å². The summed E-state index contributed by atoms with van der Waals surface area (Å²) in [5.74, 6) is 0.624. The number of aliphatic carboxylic acids is 1. The predicted octanol–water partition coefficient (Wildman–Crippen LogP) is 2.77. The van der Waals surface area contributed by atoms with Crippen LogP contribution < -0.4 is 4.74 Å². The van der Waals surface area contributed by atoms with Crippen LogP contribution in [0.2, 0.25) is 0 Å². The molecular weight excluding hydrogens is 266 g/mol. The average Bonchev–Trinajstić information content (AvgIpc) is 2.99. The van der Waals surface area contributed by atoms with Gasteiger partial charge in [-0.15, -0.1) is 0 Å². The van der Waals surface area contributed by atoms with Gasteiger partial charge in [-0.1, -0.05) is 18.6 Å². The molecule has 21 heavy (non-hydrogen) atoms. The van der Waals surface area contributed by atoms with Gasteiger partial charge in [-0.3, -0.25) is 9.69 Å². The van der Waals surface area contributed by atoms with Gasteiger partial charge < -0.3 is 9.84 Å². The summed E-state index contributed by atoms with van der Waals surface area (Å²) in [4.78, 5) is 14.0. The van der Waals surface area contributed by atoms with E-state index in [0.717, 1.165) is 38.1 Å². The Morgan fingerprint density at radius 1 is 1.43 bits per heavy atom. The second-order valence-electron chi connectivity index (χ2n) is 6.30. The molecule has 114 valence electrons. The second kappa shape index (κ2) is 5.68. The number of hydrogen-bond donors (Lipinski definition) is 1. The summed E-state index contributed by atoms with van der Waals surface area (Å²) in [7, 11) is 0. The SMILES string of the molecule is CCOc1ccc(CN2C[C@@H]3CCC[C@@]3(C(=O)O)C2)cc1. The van der Waals surface area contributed by atoms with Crippen molar-refractivity contribution in [3.63, 3.8) is 0 Å². The van der Waals surface area contributed by atoms with E-state index in [-0.39, 0.29) is 0 Å². The molecule has 1 aromatic carbocycles. The smallest absolute Gasteiger partial charge is 0.311 e. The zero-order chi connectivity index (χ0) is 14.9. The van der Waals surface area contributed by atoms with Crippen molar-refractivity contribution in [2.24, 2.45) is 11.3 Å². The van der Waals surface area contributed by atoms with Crippen LogP contribution in [0, 0.1) is 11.3 Å². The highest BCUT2D eigenvalue weighted by atomic mass is 16.5. The summed E-state index contributed by atoms with van der Waals surface area (Å²) >= 11 is 0. The molecular formula is C17H23NO3. The Kier molecular flexibility index (Phi) is 3.89. The summed E-state index contributed by atoms with van der Waals surface area (Å²) in [6.45, 7) is 5.09. The lowest BCUT2D eigenvalue weighted by Gasteiger charge is -2.23. The number of carbonyl (C=O) groups is 1. The highest BCUT2D eigenvalue weighted by Crippen LogP contribution is 2.49. The highest BCUT2D eigenvalue weighted by Gasteiger charge is 2.54. The summed E-state index contributed by atoms with van der Waals surface area (Å²) in [5, 5.41) is 9.61. The minimum Gasteiger partial charge on any atom is -0.494 e. The first-order valence-electron chi connectivity index (χ1n) is 7.81. The maximum absolute atomic E-state index is 11.7. The third kappa shape index (κ3) is 2.64. The van der Waals surface area contributed by atoms with Crippen molar-refractivity contribution < 1.29 is 14.6 Å². The van der Waals surface area contributed by atoms with Crippen LogP contribution in [0.15, 0.2) is 24.3 Å². The number of hydrogen-bond acceptors (Lipinski definition) is 3. The van der Waals surface area contributed by atoms with E-state index in [2.05, 4.69) is 17.0 Å². The van der Waals surface area contributed by atoms with Crippen molar-refractivity contribution in [1.82, 2.24) is 4.90 Å². The van der Waals surface area contributed by atoms with Gasteiger partial charge in [-0.2, -0.15) is 0 Å². The quantitative estimate of drug-likeness (QED) is 0.905. The lowest BCUT2D eigenvalue weighted by molar-refractivity contribution is -0.149. The number of benzene rings is 1. The summed E-state index contributed by atoms with van der Waals surface area (Å²) < 4.78 is 5.45. The van der Waals surface area contributed by atoms with Gasteiger partial charge in [0.15, 0.2) is 0 Å². The molecule has 0 aromatic heterocycles. The molecule has 1 saturated heterocycles. The third-order valence-corrected chi connectivity index (χ3v) is 5.01. The molecule has 1 heterocycles. The van der Waals surface area contributed by atoms with Gasteiger partial charge in [0.05, 0.1) is 12.0 Å². The Labute approximate surface area is 125 Å². The number of rotatable bonds is 5. The lowest BCUT2D eigenvalue weighted by atomic mass is 9.81. The Morgan fingerprint density at radius 2 is 2.19 bits per heavy atom. The molecule has 0 spiro atoms. The van der Waals surface area contributed by atoms with Crippen molar-refractivity contribution in [2.45, 2.75) is 32.7 Å². The van der Waals surface area contributed by atoms with Crippen molar-refractivity contribution in [3.05, 3.63) is 29.8 Å². The lowest BCUT2D eigenvalue weighted by Crippen LogP contribution is -2.35. The Morgan fingerprint density at radius 3 is 2.81 bits per heavy atom. The Hall–Kier alpha value is -1.55. The van der Waals surface area contributed by atoms with Crippen LogP contribution in [0.25, 0.3) is 0 Å². The molecule has 2 atom stereocenters. The highest BCUT2D eigenvalue weighted by molar-refractivity contribution is 5.76. The Balaban J connectivity index is 1.65. The van der Waals surface area contributed by atoms with Crippen molar-refractivity contribution in [2.75, 3.05) is 19.7 Å². The number of fused-ring (bicyclic) bond motifs is 1. The summed E-state index contributed by atoms with van der Waals surface area (Å²) in [6.07, 6.45) is 2.96. The monoisotopic (exact) mass is 289 g/mol. The van der Waals surface area contributed by atoms with E-state index in [1.807, 2.05) is 19.1 Å². The zero-order valence-corrected chi connectivity index (χ0v) is 12.5. The van der Waals surface area contributed by atoms with Crippen LogP contribution in [-0.2, 0) is 11.3 Å². The average molecular weight is 289 g/mol. The Bertz CT molecular complexity index is 513. The summed E-state index contributed by atoms with van der Waals surface area (Å²) in [6, 6.07) is 8.13. The molecule has 1 aliphatic carbocycles. The van der Waals surface area contributed by atoms with Crippen LogP contribution in [0.3, 0.4) is 0 Å². The first kappa shape index (κ1) is 14.4. The van der Waals surface area contributed by atoms with Gasteiger partial charge in [0.25, 0.3) is 0 Å². The number of carboxylic acids is 1. The fourth-order valence-corrected chi connectivity index (χ4v) is 3.98. The van der Waals surface area contributed by atoms with Crippen LogP contribution >= 0.6 is 0 Å². The van der Waals surface area contributed by atoms with Crippen LogP contribution in [-0.4, -0.2) is 35.7 Å². The minimum atomic E-state index is -0.598. The van der Waals surface area contributed by atoms with E-state index in [9.17, 15) is 9.90 Å². The maximum atomic E-state index is 11.7. The summed E-state index contributed by atoms with van der Waals surface area (Å²) in [5.41, 5.74) is 0.740. The number of ether oxygens (including phenoxy) is 1. The standard InChI is InChI=1S/C17H23NO3/c1-2-21-15-7-5-13(6-8-15)10-18-11-14-4-3-9-17(14,12-18)16(19)20/h5-8,14H,2-4,9-12H2,1H3,(H,19,20)/t14-,17+/m0/s1. The topological polar surface area (TPSA) is 49.8 Å². The van der Waals surface area contributed by atoms with Crippen molar-refractivity contribution >= 4 is 5.97 Å². The maximum Gasteiger partial charge on any atom is 0.311 e. The van der Waals surface area contributed by atoms with Crippen LogP contribution in [0.5, 0.6) is 5.75 Å². The van der Waals surface area contributed by atoms with Crippen LogP contribution in [0.1, 0.15) is 31.7 Å². The predicted molar refractivity (Wildman–Crippen MR) is 80.3 cm³/mol. The third-order valence-electron chi connectivity index (χ3n) is 5.01. The first-order chi connectivity index (χ1) is 10.1. The van der Waals surface area contributed by atoms with Gasteiger partial charge in [0, 0.05) is 19.6 Å². The fraction of sp³-hybridized carbons (Fsp3) is 0.588. The van der Waals surface area contributed by atoms with E-state index < -0.39 is 11.4 Å². The molecule has 3 rings (SSSR count). The van der Waals surface area contributed by atoms with E-state index in [1.165, 1.54) is 5.56 Å². The van der Waals surface area contributed by atoms with Crippen LogP contribution in [0.4, 0.5) is 0 Å². The fourth-order valence-electron chi connectivity index (χ4n) is 3.98. The normalized spacial score (nSPS) is 28.5. The molecule has 1 N–H and O–H groups in total. The van der Waals surface area contributed by atoms with E-state index in [1.54, 1.807) is 0 Å². The molecule has 2 aliphatic rings. The molecule has 1 saturated carbocycles. The van der Waals surface area contributed by atoms with Crippen molar-refractivity contribution in [3.8, 4) is 5.75 Å². The van der Waals surface area contributed by atoms with E-state index in [0.29, 0.717) is 19.1 Å². The van der Waals surface area contributed by atoms with E-state index >= 15 is 0 Å². The van der Waals surface area contributed by atoms with E-state index in [4.69, 9.17) is 4.74 Å². The second-order valence-corrected chi connectivity index (χ2v) is 6.30. The van der Waals surface area contributed by atoms with Gasteiger partial charge in [-0.25, -0.2) is 0 Å². The van der Waals surface area contributed by atoms with Gasteiger partial charge in [0.2, 0.25) is 0 Å².